The molecule has 0 aliphatic heterocycles. The predicted molar refractivity (Wildman–Crippen MR) is 45.0 cm³/mol. The summed E-state index contributed by atoms with van der Waals surface area (Å²) in [6, 6.07) is 0.845. The van der Waals surface area contributed by atoms with Crippen molar-refractivity contribution in [2.24, 2.45) is 0 Å². The summed E-state index contributed by atoms with van der Waals surface area (Å²) in [6.07, 6.45) is 9.84. The first kappa shape index (κ1) is 7.55. The summed E-state index contributed by atoms with van der Waals surface area (Å²) in [7, 11) is 0. The van der Waals surface area contributed by atoms with Crippen LogP contribution in [-0.2, 0) is 0 Å². The lowest BCUT2D eigenvalue weighted by atomic mass is 10.3. The van der Waals surface area contributed by atoms with Gasteiger partial charge in [0.05, 0.1) is 0 Å². The monoisotopic (exact) mass is 137 g/mol. The molecule has 0 unspecified atom stereocenters. The van der Waals surface area contributed by atoms with E-state index in [9.17, 15) is 0 Å². The summed E-state index contributed by atoms with van der Waals surface area (Å²) < 4.78 is 0. The minimum Gasteiger partial charge on any atom is -0.314 e. The van der Waals surface area contributed by atoms with Crippen LogP contribution in [0.5, 0.6) is 0 Å². The molecule has 1 aliphatic rings. The van der Waals surface area contributed by atoms with Gasteiger partial charge in [-0.1, -0.05) is 24.8 Å². The normalized spacial score (nSPS) is 18.0. The maximum Gasteiger partial charge on any atom is 0.00683 e. The summed E-state index contributed by atoms with van der Waals surface area (Å²) in [4.78, 5) is 0. The molecule has 10 heavy (non-hydrogen) atoms. The van der Waals surface area contributed by atoms with Crippen LogP contribution in [0, 0.1) is 0 Å². The highest BCUT2D eigenvalue weighted by Gasteiger charge is 2.18. The Morgan fingerprint density at radius 2 is 2.30 bits per heavy atom. The topological polar surface area (TPSA) is 12.0 Å². The minimum atomic E-state index is 0.845. The number of hydrogen-bond donors (Lipinski definition) is 1. The highest BCUT2D eigenvalue weighted by molar-refractivity contribution is 4.97. The van der Waals surface area contributed by atoms with Crippen molar-refractivity contribution in [3.63, 3.8) is 0 Å². The fraction of sp³-hybridized carbons (Fsp3) is 0.556. The van der Waals surface area contributed by atoms with Crippen LogP contribution < -0.4 is 5.32 Å². The molecule has 0 radical (unpaired) electrons. The molecule has 0 atom stereocenters. The summed E-state index contributed by atoms with van der Waals surface area (Å²) in [5, 5.41) is 3.43. The lowest BCUT2D eigenvalue weighted by Crippen LogP contribution is -2.16. The van der Waals surface area contributed by atoms with Crippen molar-refractivity contribution in [2.75, 3.05) is 6.54 Å². The van der Waals surface area contributed by atoms with Crippen LogP contribution in [0.2, 0.25) is 0 Å². The third kappa shape index (κ3) is 3.46. The van der Waals surface area contributed by atoms with E-state index in [-0.39, 0.29) is 0 Å². The maximum atomic E-state index is 3.60. The van der Waals surface area contributed by atoms with Crippen molar-refractivity contribution >= 4 is 0 Å². The van der Waals surface area contributed by atoms with E-state index >= 15 is 0 Å². The second kappa shape index (κ2) is 4.29. The first-order chi connectivity index (χ1) is 4.93. The van der Waals surface area contributed by atoms with Gasteiger partial charge in [0, 0.05) is 6.04 Å². The molecular formula is C9H15N. The average molecular weight is 137 g/mol. The molecule has 0 bridgehead atoms. The molecule has 1 fully saturated rings. The minimum absolute atomic E-state index is 0.845. The van der Waals surface area contributed by atoms with Crippen molar-refractivity contribution in [2.45, 2.75) is 25.3 Å². The summed E-state index contributed by atoms with van der Waals surface area (Å²) >= 11 is 0. The molecule has 1 rings (SSSR count). The molecule has 56 valence electrons. The standard InChI is InChI=1S/C9H15N/c1-2-3-4-5-8-10-9-6-7-9/h2-4,9-10H,1,5-8H2/b4-3+. The zero-order chi connectivity index (χ0) is 7.23. The van der Waals surface area contributed by atoms with Gasteiger partial charge in [0.1, 0.15) is 0 Å². The molecule has 0 amide bonds. The number of allylic oxidation sites excluding steroid dienone is 2. The fourth-order valence-electron chi connectivity index (χ4n) is 0.851. The van der Waals surface area contributed by atoms with Gasteiger partial charge in [0.15, 0.2) is 0 Å². The Bertz CT molecular complexity index is 123. The molecule has 0 saturated heterocycles. The third-order valence-electron chi connectivity index (χ3n) is 1.59. The van der Waals surface area contributed by atoms with Crippen molar-refractivity contribution in [3.05, 3.63) is 24.8 Å². The van der Waals surface area contributed by atoms with E-state index in [4.69, 9.17) is 0 Å². The second-order valence-corrected chi connectivity index (χ2v) is 2.68. The van der Waals surface area contributed by atoms with E-state index < -0.39 is 0 Å². The maximum absolute atomic E-state index is 3.60. The highest BCUT2D eigenvalue weighted by Crippen LogP contribution is 2.18. The highest BCUT2D eigenvalue weighted by atomic mass is 14.9. The van der Waals surface area contributed by atoms with E-state index in [1.807, 2.05) is 12.2 Å². The fourth-order valence-corrected chi connectivity index (χ4v) is 0.851. The Morgan fingerprint density at radius 1 is 1.50 bits per heavy atom. The molecular weight excluding hydrogens is 122 g/mol. The summed E-state index contributed by atoms with van der Waals surface area (Å²) in [5.74, 6) is 0. The van der Waals surface area contributed by atoms with Gasteiger partial charge >= 0.3 is 0 Å². The van der Waals surface area contributed by atoms with E-state index in [2.05, 4.69) is 18.0 Å². The van der Waals surface area contributed by atoms with E-state index in [1.165, 1.54) is 12.8 Å². The lowest BCUT2D eigenvalue weighted by molar-refractivity contribution is 0.690. The first-order valence-corrected chi connectivity index (χ1v) is 3.94. The van der Waals surface area contributed by atoms with Crippen molar-refractivity contribution < 1.29 is 0 Å². The van der Waals surface area contributed by atoms with Crippen LogP contribution in [0.15, 0.2) is 24.8 Å². The van der Waals surface area contributed by atoms with Gasteiger partial charge in [0.2, 0.25) is 0 Å². The molecule has 1 nitrogen and oxygen atoms in total. The number of rotatable bonds is 5. The Hall–Kier alpha value is -0.560. The third-order valence-corrected chi connectivity index (χ3v) is 1.59. The zero-order valence-corrected chi connectivity index (χ0v) is 6.34. The van der Waals surface area contributed by atoms with Crippen LogP contribution in [0.4, 0.5) is 0 Å². The zero-order valence-electron chi connectivity index (χ0n) is 6.34. The number of hydrogen-bond acceptors (Lipinski definition) is 1. The summed E-state index contributed by atoms with van der Waals surface area (Å²) in [6.45, 7) is 4.72. The Balaban J connectivity index is 1.84. The molecule has 1 N–H and O–H groups in total. The molecule has 1 saturated carbocycles. The Labute approximate surface area is 62.8 Å². The second-order valence-electron chi connectivity index (χ2n) is 2.68. The summed E-state index contributed by atoms with van der Waals surface area (Å²) in [5.41, 5.74) is 0. The van der Waals surface area contributed by atoms with Crippen LogP contribution >= 0.6 is 0 Å². The van der Waals surface area contributed by atoms with E-state index in [0.717, 1.165) is 19.0 Å². The molecule has 0 aromatic carbocycles. The first-order valence-electron chi connectivity index (χ1n) is 3.94. The lowest BCUT2D eigenvalue weighted by Gasteiger charge is -1.96. The molecule has 1 heteroatoms. The predicted octanol–water partition coefficient (Wildman–Crippen LogP) is 1.87. The van der Waals surface area contributed by atoms with Crippen LogP contribution in [0.3, 0.4) is 0 Å². The van der Waals surface area contributed by atoms with Gasteiger partial charge in [-0.2, -0.15) is 0 Å². The van der Waals surface area contributed by atoms with E-state index in [0.29, 0.717) is 0 Å². The van der Waals surface area contributed by atoms with Crippen LogP contribution in [-0.4, -0.2) is 12.6 Å². The van der Waals surface area contributed by atoms with Gasteiger partial charge in [-0.25, -0.2) is 0 Å². The number of nitrogens with one attached hydrogen (secondary N) is 1. The van der Waals surface area contributed by atoms with Gasteiger partial charge in [-0.15, -0.1) is 0 Å². The quantitative estimate of drug-likeness (QED) is 0.450. The van der Waals surface area contributed by atoms with Crippen molar-refractivity contribution in [1.29, 1.82) is 0 Å². The smallest absolute Gasteiger partial charge is 0.00683 e. The van der Waals surface area contributed by atoms with E-state index in [1.54, 1.807) is 0 Å². The van der Waals surface area contributed by atoms with Crippen LogP contribution in [0.25, 0.3) is 0 Å². The van der Waals surface area contributed by atoms with Gasteiger partial charge in [0.25, 0.3) is 0 Å². The van der Waals surface area contributed by atoms with Crippen molar-refractivity contribution in [1.82, 2.24) is 5.32 Å². The Kier molecular flexibility index (Phi) is 3.23. The average Bonchev–Trinajstić information content (AvgIpc) is 2.71. The van der Waals surface area contributed by atoms with Crippen molar-refractivity contribution in [3.8, 4) is 0 Å². The molecule has 0 aromatic rings. The largest absolute Gasteiger partial charge is 0.314 e. The molecule has 0 heterocycles. The van der Waals surface area contributed by atoms with Gasteiger partial charge in [-0.3, -0.25) is 0 Å². The van der Waals surface area contributed by atoms with Gasteiger partial charge in [-0.05, 0) is 25.8 Å². The molecule has 0 spiro atoms. The molecule has 1 aliphatic carbocycles. The molecule has 0 aromatic heterocycles. The Morgan fingerprint density at radius 3 is 2.90 bits per heavy atom. The SMILES string of the molecule is C=C/C=C/CCNC1CC1. The van der Waals surface area contributed by atoms with Crippen LogP contribution in [0.1, 0.15) is 19.3 Å². The van der Waals surface area contributed by atoms with Gasteiger partial charge < -0.3 is 5.32 Å².